The second-order valence-electron chi connectivity index (χ2n) is 9.40. The molecule has 1 saturated heterocycles. The van der Waals surface area contributed by atoms with Crippen molar-refractivity contribution < 1.29 is 19.4 Å². The van der Waals surface area contributed by atoms with Crippen molar-refractivity contribution in [2.24, 2.45) is 0 Å². The summed E-state index contributed by atoms with van der Waals surface area (Å²) in [6, 6.07) is 19.4. The number of amides is 2. The van der Waals surface area contributed by atoms with Crippen LogP contribution in [-0.2, 0) is 29.0 Å². The predicted octanol–water partition coefficient (Wildman–Crippen LogP) is 3.21. The minimum atomic E-state index is -0.501. The van der Waals surface area contributed by atoms with Crippen LogP contribution >= 0.6 is 11.3 Å². The van der Waals surface area contributed by atoms with Gasteiger partial charge in [-0.3, -0.25) is 9.78 Å². The fourth-order valence-corrected chi connectivity index (χ4v) is 5.03. The number of benzene rings is 2. The van der Waals surface area contributed by atoms with Gasteiger partial charge >= 0.3 is 6.09 Å². The van der Waals surface area contributed by atoms with E-state index in [1.165, 1.54) is 11.3 Å². The molecule has 0 bridgehead atoms. The maximum atomic E-state index is 12.9. The highest BCUT2D eigenvalue weighted by Gasteiger charge is 2.29. The van der Waals surface area contributed by atoms with Gasteiger partial charge in [0.25, 0.3) is 0 Å². The maximum Gasteiger partial charge on any atom is 0.407 e. The van der Waals surface area contributed by atoms with E-state index in [9.17, 15) is 14.7 Å². The molecule has 0 saturated carbocycles. The van der Waals surface area contributed by atoms with Crippen molar-refractivity contribution in [3.63, 3.8) is 0 Å². The molecular formula is C28H34N4O4S. The largest absolute Gasteiger partial charge is 0.444 e. The van der Waals surface area contributed by atoms with Crippen LogP contribution < -0.4 is 16.0 Å². The number of alkyl carbamates (subject to hydrolysis) is 1. The summed E-state index contributed by atoms with van der Waals surface area (Å²) in [6.45, 7) is 0.607. The Labute approximate surface area is 221 Å². The number of nitrogens with one attached hydrogen (secondary N) is 3. The molecule has 4 N–H and O–H groups in total. The smallest absolute Gasteiger partial charge is 0.407 e. The number of hydrogen-bond donors (Lipinski definition) is 4. The van der Waals surface area contributed by atoms with Gasteiger partial charge in [0.1, 0.15) is 6.61 Å². The number of nitrogens with zero attached hydrogens (tertiary/aromatic N) is 1. The molecule has 0 spiro atoms. The SMILES string of the molecule is O=C(N[C@@H](CC[C@@H](Cc1ccccc1)NC(=O)[C@@H]1C[C@@H](O)CN1)Cc1ccccc1)OCc1cncs1. The number of ether oxygens (including phenoxy) is 1. The Morgan fingerprint density at radius 3 is 2.16 bits per heavy atom. The molecule has 0 radical (unpaired) electrons. The first kappa shape index (κ1) is 26.8. The molecule has 196 valence electrons. The molecule has 2 heterocycles. The van der Waals surface area contributed by atoms with Gasteiger partial charge in [0.05, 0.1) is 22.5 Å². The van der Waals surface area contributed by atoms with E-state index >= 15 is 0 Å². The Hall–Kier alpha value is -3.27. The van der Waals surface area contributed by atoms with Crippen LogP contribution in [0.5, 0.6) is 0 Å². The summed E-state index contributed by atoms with van der Waals surface area (Å²) in [5.74, 6) is -0.103. The summed E-state index contributed by atoms with van der Waals surface area (Å²) in [7, 11) is 0. The molecule has 3 aromatic rings. The topological polar surface area (TPSA) is 113 Å². The van der Waals surface area contributed by atoms with Gasteiger partial charge < -0.3 is 25.8 Å². The molecule has 1 aromatic heterocycles. The van der Waals surface area contributed by atoms with Crippen molar-refractivity contribution >= 4 is 23.3 Å². The van der Waals surface area contributed by atoms with Crippen molar-refractivity contribution in [2.45, 2.75) is 62.9 Å². The molecule has 8 nitrogen and oxygen atoms in total. The van der Waals surface area contributed by atoms with Crippen LogP contribution in [0.25, 0.3) is 0 Å². The normalized spacial score (nSPS) is 18.6. The first-order valence-corrected chi connectivity index (χ1v) is 13.5. The van der Waals surface area contributed by atoms with E-state index in [1.807, 2.05) is 60.7 Å². The highest BCUT2D eigenvalue weighted by Crippen LogP contribution is 2.15. The number of carbonyl (C=O) groups excluding carboxylic acids is 2. The lowest BCUT2D eigenvalue weighted by atomic mass is 9.95. The standard InChI is InChI=1S/C28H34N4O4S/c33-24-15-26(30-16-24)27(34)31-22(13-20-7-3-1-4-8-20)11-12-23(14-21-9-5-2-6-10-21)32-28(35)36-18-25-17-29-19-37-25/h1-10,17,19,22-24,26,30,33H,11-16,18H2,(H,31,34)(H,32,35)/t22-,23-,24+,26-/m0/s1. The van der Waals surface area contributed by atoms with Crippen molar-refractivity contribution in [3.8, 4) is 0 Å². The molecule has 0 unspecified atom stereocenters. The van der Waals surface area contributed by atoms with E-state index in [-0.39, 0.29) is 24.6 Å². The van der Waals surface area contributed by atoms with Gasteiger partial charge in [-0.05, 0) is 43.2 Å². The van der Waals surface area contributed by atoms with Crippen LogP contribution in [-0.4, -0.2) is 52.9 Å². The first-order valence-electron chi connectivity index (χ1n) is 12.7. The molecule has 0 aliphatic carbocycles. The maximum absolute atomic E-state index is 12.9. The molecule has 1 aliphatic heterocycles. The third-order valence-corrected chi connectivity index (χ3v) is 7.19. The summed E-state index contributed by atoms with van der Waals surface area (Å²) in [5, 5.41) is 19.1. The van der Waals surface area contributed by atoms with Gasteiger partial charge in [-0.1, -0.05) is 60.7 Å². The first-order chi connectivity index (χ1) is 18.0. The van der Waals surface area contributed by atoms with Crippen LogP contribution in [0.2, 0.25) is 0 Å². The lowest BCUT2D eigenvalue weighted by Crippen LogP contribution is -2.46. The summed E-state index contributed by atoms with van der Waals surface area (Å²) >= 11 is 1.44. The van der Waals surface area contributed by atoms with Gasteiger partial charge in [-0.25, -0.2) is 4.79 Å². The molecule has 4 atom stereocenters. The average molecular weight is 523 g/mol. The Balaban J connectivity index is 1.40. The fraction of sp³-hybridized carbons (Fsp3) is 0.393. The summed E-state index contributed by atoms with van der Waals surface area (Å²) in [4.78, 5) is 30.4. The Morgan fingerprint density at radius 1 is 1.00 bits per heavy atom. The minimum Gasteiger partial charge on any atom is -0.444 e. The van der Waals surface area contributed by atoms with Crippen molar-refractivity contribution in [1.82, 2.24) is 20.9 Å². The van der Waals surface area contributed by atoms with Gasteiger partial charge in [0.2, 0.25) is 5.91 Å². The molecule has 4 rings (SSSR count). The second-order valence-corrected chi connectivity index (χ2v) is 10.4. The molecule has 1 fully saturated rings. The highest BCUT2D eigenvalue weighted by molar-refractivity contribution is 7.09. The van der Waals surface area contributed by atoms with Crippen molar-refractivity contribution in [1.29, 1.82) is 0 Å². The molecule has 2 amide bonds. The molecule has 2 aromatic carbocycles. The van der Waals surface area contributed by atoms with Crippen molar-refractivity contribution in [3.05, 3.63) is 88.4 Å². The summed E-state index contributed by atoms with van der Waals surface area (Å²) in [6.07, 6.45) is 3.78. The lowest BCUT2D eigenvalue weighted by Gasteiger charge is -2.25. The number of aromatic nitrogens is 1. The second kappa shape index (κ2) is 13.9. The van der Waals surface area contributed by atoms with Crippen LogP contribution in [0.1, 0.15) is 35.3 Å². The van der Waals surface area contributed by atoms with Crippen LogP contribution in [0.3, 0.4) is 0 Å². The van der Waals surface area contributed by atoms with Gasteiger partial charge in [-0.2, -0.15) is 0 Å². The molecule has 1 aliphatic rings. The number of β-amino-alcohol motifs (C(OH)–C–C–N with tert-alkyl or cyclic N) is 1. The number of aliphatic hydroxyl groups excluding tert-OH is 1. The Morgan fingerprint density at radius 2 is 1.62 bits per heavy atom. The third-order valence-electron chi connectivity index (χ3n) is 6.43. The fourth-order valence-electron chi connectivity index (χ4n) is 4.53. The van der Waals surface area contributed by atoms with Crippen LogP contribution in [0, 0.1) is 0 Å². The average Bonchev–Trinajstić information content (AvgIpc) is 3.59. The number of aliphatic hydroxyl groups is 1. The van der Waals surface area contributed by atoms with E-state index in [0.29, 0.717) is 38.6 Å². The Bertz CT molecular complexity index is 1100. The monoisotopic (exact) mass is 522 g/mol. The molecule has 37 heavy (non-hydrogen) atoms. The number of hydrogen-bond acceptors (Lipinski definition) is 7. The van der Waals surface area contributed by atoms with E-state index in [0.717, 1.165) is 16.0 Å². The van der Waals surface area contributed by atoms with E-state index in [4.69, 9.17) is 4.74 Å². The van der Waals surface area contributed by atoms with E-state index < -0.39 is 18.2 Å². The zero-order chi connectivity index (χ0) is 25.9. The van der Waals surface area contributed by atoms with E-state index in [2.05, 4.69) is 20.9 Å². The minimum absolute atomic E-state index is 0.103. The van der Waals surface area contributed by atoms with E-state index in [1.54, 1.807) is 11.7 Å². The highest BCUT2D eigenvalue weighted by atomic mass is 32.1. The quantitative estimate of drug-likeness (QED) is 0.291. The van der Waals surface area contributed by atoms with Gasteiger partial charge in [0, 0.05) is 24.8 Å². The lowest BCUT2D eigenvalue weighted by molar-refractivity contribution is -0.123. The van der Waals surface area contributed by atoms with Crippen LogP contribution in [0.15, 0.2) is 72.4 Å². The third kappa shape index (κ3) is 8.96. The predicted molar refractivity (Wildman–Crippen MR) is 143 cm³/mol. The molecular weight excluding hydrogens is 488 g/mol. The number of thiazole rings is 1. The summed E-state index contributed by atoms with van der Waals surface area (Å²) in [5.41, 5.74) is 3.95. The van der Waals surface area contributed by atoms with Crippen molar-refractivity contribution in [2.75, 3.05) is 6.54 Å². The molecule has 9 heteroatoms. The van der Waals surface area contributed by atoms with Crippen LogP contribution in [0.4, 0.5) is 4.79 Å². The summed E-state index contributed by atoms with van der Waals surface area (Å²) < 4.78 is 5.42. The van der Waals surface area contributed by atoms with Gasteiger partial charge in [-0.15, -0.1) is 11.3 Å². The number of rotatable bonds is 12. The number of carbonyl (C=O) groups is 2. The Kier molecular flexibility index (Phi) is 10.0. The zero-order valence-corrected chi connectivity index (χ0v) is 21.5. The zero-order valence-electron chi connectivity index (χ0n) is 20.7. The van der Waals surface area contributed by atoms with Gasteiger partial charge in [0.15, 0.2) is 0 Å².